The number of thiophene rings is 1. The zero-order valence-corrected chi connectivity index (χ0v) is 16.6. The van der Waals surface area contributed by atoms with Crippen LogP contribution in [0.2, 0.25) is 0 Å². The van der Waals surface area contributed by atoms with Crippen LogP contribution in [0.25, 0.3) is 0 Å². The van der Waals surface area contributed by atoms with Crippen molar-refractivity contribution in [3.05, 3.63) is 76.0 Å². The Hall–Kier alpha value is -3.32. The van der Waals surface area contributed by atoms with Crippen molar-refractivity contribution in [3.8, 4) is 11.5 Å². The predicted molar refractivity (Wildman–Crippen MR) is 111 cm³/mol. The van der Waals surface area contributed by atoms with E-state index in [2.05, 4.69) is 10.6 Å². The van der Waals surface area contributed by atoms with Crippen LogP contribution in [0.5, 0.6) is 11.5 Å². The molecule has 3 aromatic rings. The Labute approximate surface area is 172 Å². The second-order valence-electron chi connectivity index (χ2n) is 6.72. The Morgan fingerprint density at radius 3 is 2.62 bits per heavy atom. The minimum Gasteiger partial charge on any atom is -0.454 e. The fourth-order valence-corrected chi connectivity index (χ4v) is 3.73. The Morgan fingerprint density at radius 2 is 1.86 bits per heavy atom. The van der Waals surface area contributed by atoms with Crippen LogP contribution in [-0.2, 0) is 16.0 Å². The van der Waals surface area contributed by atoms with Crippen LogP contribution < -0.4 is 20.1 Å². The number of benzene rings is 2. The molecular formula is C22H20N2O4S. The molecule has 2 amide bonds. The summed E-state index contributed by atoms with van der Waals surface area (Å²) in [7, 11) is 0. The van der Waals surface area contributed by atoms with Gasteiger partial charge in [-0.05, 0) is 36.1 Å². The first kappa shape index (κ1) is 19.0. The van der Waals surface area contributed by atoms with Crippen LogP contribution >= 0.6 is 11.3 Å². The molecule has 0 fully saturated rings. The van der Waals surface area contributed by atoms with Crippen molar-refractivity contribution in [3.63, 3.8) is 0 Å². The Kier molecular flexibility index (Phi) is 5.48. The number of fused-ring (bicyclic) bond motifs is 1. The predicted octanol–water partition coefficient (Wildman–Crippen LogP) is 3.82. The van der Waals surface area contributed by atoms with Crippen molar-refractivity contribution in [1.82, 2.24) is 5.32 Å². The van der Waals surface area contributed by atoms with E-state index in [-0.39, 0.29) is 25.0 Å². The molecule has 0 bridgehead atoms. The summed E-state index contributed by atoms with van der Waals surface area (Å²) >= 11 is 1.51. The normalized spacial score (nSPS) is 13.0. The van der Waals surface area contributed by atoms with Gasteiger partial charge in [-0.25, -0.2) is 0 Å². The van der Waals surface area contributed by atoms with Gasteiger partial charge in [0, 0.05) is 16.6 Å². The van der Waals surface area contributed by atoms with Gasteiger partial charge in [-0.3, -0.25) is 9.59 Å². The minimum absolute atomic E-state index is 0.164. The molecule has 2 aromatic carbocycles. The summed E-state index contributed by atoms with van der Waals surface area (Å²) in [4.78, 5) is 26.5. The first-order chi connectivity index (χ1) is 14.1. The summed E-state index contributed by atoms with van der Waals surface area (Å²) < 4.78 is 10.7. The first-order valence-corrected chi connectivity index (χ1v) is 10.1. The van der Waals surface area contributed by atoms with Crippen molar-refractivity contribution >= 4 is 28.8 Å². The molecule has 0 spiro atoms. The van der Waals surface area contributed by atoms with Gasteiger partial charge >= 0.3 is 0 Å². The molecule has 1 unspecified atom stereocenters. The van der Waals surface area contributed by atoms with E-state index in [0.717, 1.165) is 10.4 Å². The summed E-state index contributed by atoms with van der Waals surface area (Å²) in [6.07, 6.45) is 0.233. The van der Waals surface area contributed by atoms with Gasteiger partial charge < -0.3 is 20.1 Å². The molecular weight excluding hydrogens is 388 g/mol. The highest BCUT2D eigenvalue weighted by Gasteiger charge is 2.24. The van der Waals surface area contributed by atoms with E-state index in [4.69, 9.17) is 9.47 Å². The monoisotopic (exact) mass is 408 g/mol. The van der Waals surface area contributed by atoms with Crippen LogP contribution in [-0.4, -0.2) is 18.6 Å². The number of anilines is 1. The van der Waals surface area contributed by atoms with Crippen molar-refractivity contribution < 1.29 is 19.1 Å². The number of carbonyl (C=O) groups excluding carboxylic acids is 2. The molecule has 1 aromatic heterocycles. The number of hydrogen-bond acceptors (Lipinski definition) is 5. The minimum atomic E-state index is -0.812. The molecule has 1 aliphatic heterocycles. The third-order valence-corrected chi connectivity index (χ3v) is 5.41. The van der Waals surface area contributed by atoms with Crippen molar-refractivity contribution in [1.29, 1.82) is 0 Å². The topological polar surface area (TPSA) is 76.7 Å². The lowest BCUT2D eigenvalue weighted by Gasteiger charge is -2.19. The smallest absolute Gasteiger partial charge is 0.251 e. The summed E-state index contributed by atoms with van der Waals surface area (Å²) in [5.41, 5.74) is 2.37. The maximum Gasteiger partial charge on any atom is 0.251 e. The van der Waals surface area contributed by atoms with Gasteiger partial charge in [0.25, 0.3) is 5.91 Å². The van der Waals surface area contributed by atoms with Gasteiger partial charge in [0.15, 0.2) is 11.5 Å². The average Bonchev–Trinajstić information content (AvgIpc) is 3.38. The van der Waals surface area contributed by atoms with Gasteiger partial charge in [-0.15, -0.1) is 11.3 Å². The maximum atomic E-state index is 13.0. The SMILES string of the molecule is Cc1ccc(C(NC(=O)Cc2cccs2)C(=O)Nc2ccc3c(c2)OCO3)cc1. The molecule has 0 aliphatic carbocycles. The van der Waals surface area contributed by atoms with E-state index in [1.807, 2.05) is 48.7 Å². The molecule has 0 saturated heterocycles. The molecule has 1 atom stereocenters. The molecule has 29 heavy (non-hydrogen) atoms. The average molecular weight is 408 g/mol. The standard InChI is InChI=1S/C22H20N2O4S/c1-14-4-6-15(7-5-14)21(24-20(25)12-17-3-2-10-29-17)22(26)23-16-8-9-18-19(11-16)28-13-27-18/h2-11,21H,12-13H2,1H3,(H,23,26)(H,24,25). The molecule has 148 valence electrons. The zero-order chi connectivity index (χ0) is 20.2. The highest BCUT2D eigenvalue weighted by Crippen LogP contribution is 2.34. The van der Waals surface area contributed by atoms with Gasteiger partial charge in [0.1, 0.15) is 6.04 Å². The molecule has 4 rings (SSSR count). The fourth-order valence-electron chi connectivity index (χ4n) is 3.03. The fraction of sp³-hybridized carbons (Fsp3) is 0.182. The van der Waals surface area contributed by atoms with Crippen LogP contribution in [0, 0.1) is 6.92 Å². The highest BCUT2D eigenvalue weighted by atomic mass is 32.1. The number of aryl methyl sites for hydroxylation is 1. The highest BCUT2D eigenvalue weighted by molar-refractivity contribution is 7.10. The summed E-state index contributed by atoms with van der Waals surface area (Å²) in [5.74, 6) is 0.685. The van der Waals surface area contributed by atoms with Crippen LogP contribution in [0.4, 0.5) is 5.69 Å². The van der Waals surface area contributed by atoms with Gasteiger partial charge in [0.2, 0.25) is 12.7 Å². The Bertz CT molecular complexity index is 1020. The second kappa shape index (κ2) is 8.36. The molecule has 7 heteroatoms. The van der Waals surface area contributed by atoms with E-state index >= 15 is 0 Å². The number of rotatable bonds is 6. The Morgan fingerprint density at radius 1 is 1.07 bits per heavy atom. The quantitative estimate of drug-likeness (QED) is 0.650. The summed E-state index contributed by atoms with van der Waals surface area (Å²) in [6, 6.07) is 15.7. The van der Waals surface area contributed by atoms with E-state index in [0.29, 0.717) is 22.7 Å². The summed E-state index contributed by atoms with van der Waals surface area (Å²) in [6.45, 7) is 2.14. The molecule has 6 nitrogen and oxygen atoms in total. The van der Waals surface area contributed by atoms with E-state index in [1.165, 1.54) is 11.3 Å². The van der Waals surface area contributed by atoms with Crippen molar-refractivity contribution in [2.75, 3.05) is 12.1 Å². The number of carbonyl (C=O) groups is 2. The molecule has 2 heterocycles. The van der Waals surface area contributed by atoms with Crippen molar-refractivity contribution in [2.24, 2.45) is 0 Å². The van der Waals surface area contributed by atoms with Crippen LogP contribution in [0.1, 0.15) is 22.0 Å². The number of amides is 2. The number of nitrogens with one attached hydrogen (secondary N) is 2. The van der Waals surface area contributed by atoms with Gasteiger partial charge in [-0.1, -0.05) is 35.9 Å². The lowest BCUT2D eigenvalue weighted by Crippen LogP contribution is -2.37. The van der Waals surface area contributed by atoms with Crippen LogP contribution in [0.15, 0.2) is 60.0 Å². The lowest BCUT2D eigenvalue weighted by molar-refractivity contribution is -0.126. The Balaban J connectivity index is 1.52. The van der Waals surface area contributed by atoms with Crippen molar-refractivity contribution in [2.45, 2.75) is 19.4 Å². The third kappa shape index (κ3) is 4.57. The molecule has 0 radical (unpaired) electrons. The van der Waals surface area contributed by atoms with E-state index in [1.54, 1.807) is 18.2 Å². The van der Waals surface area contributed by atoms with Gasteiger partial charge in [0.05, 0.1) is 6.42 Å². The molecule has 2 N–H and O–H groups in total. The van der Waals surface area contributed by atoms with E-state index < -0.39 is 6.04 Å². The third-order valence-electron chi connectivity index (χ3n) is 4.53. The zero-order valence-electron chi connectivity index (χ0n) is 15.8. The largest absolute Gasteiger partial charge is 0.454 e. The maximum absolute atomic E-state index is 13.0. The lowest BCUT2D eigenvalue weighted by atomic mass is 10.0. The first-order valence-electron chi connectivity index (χ1n) is 9.17. The molecule has 0 saturated carbocycles. The van der Waals surface area contributed by atoms with E-state index in [9.17, 15) is 9.59 Å². The van der Waals surface area contributed by atoms with Crippen LogP contribution in [0.3, 0.4) is 0 Å². The number of ether oxygens (including phenoxy) is 2. The number of hydrogen-bond donors (Lipinski definition) is 2. The summed E-state index contributed by atoms with van der Waals surface area (Å²) in [5, 5.41) is 7.65. The van der Waals surface area contributed by atoms with Gasteiger partial charge in [-0.2, -0.15) is 0 Å². The second-order valence-corrected chi connectivity index (χ2v) is 7.76. The molecule has 1 aliphatic rings.